The maximum Gasteiger partial charge on any atom is 0.196 e. The van der Waals surface area contributed by atoms with Gasteiger partial charge in [0.1, 0.15) is 26.4 Å². The molecule has 0 aromatic heterocycles. The van der Waals surface area contributed by atoms with Gasteiger partial charge in [-0.05, 0) is 30.3 Å². The highest BCUT2D eigenvalue weighted by atomic mass is 16.6. The monoisotopic (exact) mass is 393 g/mol. The Morgan fingerprint density at radius 1 is 0.759 bits per heavy atom. The van der Waals surface area contributed by atoms with Gasteiger partial charge in [-0.3, -0.25) is 0 Å². The number of hydrogen-bond acceptors (Lipinski definition) is 6. The molecule has 6 nitrogen and oxygen atoms in total. The molecule has 29 heavy (non-hydrogen) atoms. The molecule has 3 heterocycles. The summed E-state index contributed by atoms with van der Waals surface area (Å²) in [5.41, 5.74) is 1.00. The van der Waals surface area contributed by atoms with Crippen molar-refractivity contribution in [1.82, 2.24) is 4.90 Å². The Bertz CT molecular complexity index is 925. The standard InChI is InChI=1S/C23H23NO5/c1-2-9-20-19(8-1)26-13-12-25-16-23-24-17(14-27-20)6-5-7-18(24)15-28-21-10-3-4-11-22(21)29-23/h1-11,18,23H,12-16H2. The van der Waals surface area contributed by atoms with E-state index in [2.05, 4.69) is 17.1 Å². The van der Waals surface area contributed by atoms with Crippen LogP contribution in [-0.4, -0.2) is 50.2 Å². The summed E-state index contributed by atoms with van der Waals surface area (Å²) in [5.74, 6) is 2.89. The van der Waals surface area contributed by atoms with Crippen molar-refractivity contribution in [2.75, 3.05) is 33.0 Å². The van der Waals surface area contributed by atoms with Crippen molar-refractivity contribution in [2.24, 2.45) is 0 Å². The maximum atomic E-state index is 6.36. The molecule has 6 heteroatoms. The van der Waals surface area contributed by atoms with Gasteiger partial charge in [0, 0.05) is 0 Å². The van der Waals surface area contributed by atoms with Crippen LogP contribution in [0, 0.1) is 0 Å². The summed E-state index contributed by atoms with van der Waals surface area (Å²) in [6.07, 6.45) is 5.91. The first kappa shape index (κ1) is 17.9. The van der Waals surface area contributed by atoms with Crippen LogP contribution in [-0.2, 0) is 4.74 Å². The molecule has 2 atom stereocenters. The molecule has 3 aliphatic rings. The molecule has 0 amide bonds. The number of nitrogens with zero attached hydrogens (tertiary/aromatic N) is 1. The fourth-order valence-electron chi connectivity index (χ4n) is 3.74. The van der Waals surface area contributed by atoms with Crippen LogP contribution >= 0.6 is 0 Å². The van der Waals surface area contributed by atoms with Crippen LogP contribution in [0.4, 0.5) is 0 Å². The van der Waals surface area contributed by atoms with E-state index in [1.54, 1.807) is 0 Å². The Kier molecular flexibility index (Phi) is 5.01. The minimum atomic E-state index is -0.306. The van der Waals surface area contributed by atoms with Crippen molar-refractivity contribution in [3.8, 4) is 23.0 Å². The Hall–Kier alpha value is -3.12. The molecule has 0 N–H and O–H groups in total. The molecule has 2 unspecified atom stereocenters. The maximum absolute atomic E-state index is 6.36. The van der Waals surface area contributed by atoms with Crippen molar-refractivity contribution in [1.29, 1.82) is 0 Å². The molecule has 2 aromatic rings. The normalized spacial score (nSPS) is 23.4. The molecule has 0 aliphatic carbocycles. The van der Waals surface area contributed by atoms with Gasteiger partial charge in [-0.15, -0.1) is 0 Å². The molecule has 0 spiro atoms. The van der Waals surface area contributed by atoms with Gasteiger partial charge in [0.15, 0.2) is 29.2 Å². The van der Waals surface area contributed by atoms with Crippen LogP contribution in [0.2, 0.25) is 0 Å². The third kappa shape index (κ3) is 3.76. The molecule has 0 saturated carbocycles. The lowest BCUT2D eigenvalue weighted by molar-refractivity contribution is -0.0597. The first-order valence-corrected chi connectivity index (χ1v) is 9.85. The van der Waals surface area contributed by atoms with E-state index in [0.717, 1.165) is 17.2 Å². The minimum Gasteiger partial charge on any atom is -0.487 e. The zero-order valence-electron chi connectivity index (χ0n) is 16.0. The van der Waals surface area contributed by atoms with Crippen LogP contribution < -0.4 is 18.9 Å². The van der Waals surface area contributed by atoms with E-state index in [1.165, 1.54) is 0 Å². The fraction of sp³-hybridized carbons (Fsp3) is 0.304. The third-order valence-electron chi connectivity index (χ3n) is 5.11. The molecule has 0 bridgehead atoms. The SMILES string of the molecule is C1=CC2COc3ccccc3OC3COCCOc4ccccc4OCC(=C1)N23. The summed E-state index contributed by atoms with van der Waals surface area (Å²) in [6, 6.07) is 15.5. The van der Waals surface area contributed by atoms with E-state index in [-0.39, 0.29) is 12.3 Å². The second kappa shape index (κ2) is 8.09. The number of para-hydroxylation sites is 4. The van der Waals surface area contributed by atoms with Gasteiger partial charge < -0.3 is 28.6 Å². The van der Waals surface area contributed by atoms with E-state index in [0.29, 0.717) is 44.5 Å². The third-order valence-corrected chi connectivity index (χ3v) is 5.11. The molecule has 3 aliphatic heterocycles. The van der Waals surface area contributed by atoms with Gasteiger partial charge in [0.2, 0.25) is 0 Å². The number of ether oxygens (including phenoxy) is 5. The predicted molar refractivity (Wildman–Crippen MR) is 107 cm³/mol. The van der Waals surface area contributed by atoms with Crippen LogP contribution in [0.25, 0.3) is 0 Å². The van der Waals surface area contributed by atoms with Gasteiger partial charge in [-0.25, -0.2) is 0 Å². The Morgan fingerprint density at radius 3 is 2.31 bits per heavy atom. The van der Waals surface area contributed by atoms with Crippen LogP contribution in [0.15, 0.2) is 72.5 Å². The number of rotatable bonds is 0. The number of allylic oxidation sites excluding steroid dienone is 2. The van der Waals surface area contributed by atoms with E-state index in [4.69, 9.17) is 23.7 Å². The van der Waals surface area contributed by atoms with E-state index >= 15 is 0 Å². The number of hydrogen-bond donors (Lipinski definition) is 0. The first-order valence-electron chi connectivity index (χ1n) is 9.85. The first-order chi connectivity index (χ1) is 14.4. The van der Waals surface area contributed by atoms with E-state index in [1.807, 2.05) is 54.6 Å². The summed E-state index contributed by atoms with van der Waals surface area (Å²) in [6.45, 7) is 2.21. The number of benzene rings is 2. The second-order valence-electron chi connectivity index (χ2n) is 7.01. The topological polar surface area (TPSA) is 49.4 Å². The van der Waals surface area contributed by atoms with Crippen molar-refractivity contribution in [3.63, 3.8) is 0 Å². The summed E-state index contributed by atoms with van der Waals surface area (Å²) in [4.78, 5) is 2.20. The van der Waals surface area contributed by atoms with Gasteiger partial charge >= 0.3 is 0 Å². The summed E-state index contributed by atoms with van der Waals surface area (Å²) < 4.78 is 30.3. The van der Waals surface area contributed by atoms with Gasteiger partial charge in [-0.2, -0.15) is 0 Å². The molecule has 0 fully saturated rings. The lowest BCUT2D eigenvalue weighted by atomic mass is 10.1. The minimum absolute atomic E-state index is 0.0231. The lowest BCUT2D eigenvalue weighted by Gasteiger charge is -2.42. The Labute approximate surface area is 169 Å². The molecule has 5 rings (SSSR count). The summed E-state index contributed by atoms with van der Waals surface area (Å²) in [7, 11) is 0. The molecule has 150 valence electrons. The fourth-order valence-corrected chi connectivity index (χ4v) is 3.74. The van der Waals surface area contributed by atoms with Gasteiger partial charge in [0.05, 0.1) is 18.3 Å². The van der Waals surface area contributed by atoms with E-state index in [9.17, 15) is 0 Å². The zero-order chi connectivity index (χ0) is 19.5. The second-order valence-corrected chi connectivity index (χ2v) is 7.01. The summed E-state index contributed by atoms with van der Waals surface area (Å²) >= 11 is 0. The Morgan fingerprint density at radius 2 is 1.48 bits per heavy atom. The van der Waals surface area contributed by atoms with Crippen molar-refractivity contribution in [2.45, 2.75) is 12.3 Å². The smallest absolute Gasteiger partial charge is 0.196 e. The Balaban J connectivity index is 1.48. The highest BCUT2D eigenvalue weighted by molar-refractivity contribution is 5.41. The van der Waals surface area contributed by atoms with Crippen molar-refractivity contribution in [3.05, 3.63) is 72.5 Å². The predicted octanol–water partition coefficient (Wildman–Crippen LogP) is 3.40. The highest BCUT2D eigenvalue weighted by Crippen LogP contribution is 2.34. The quantitative estimate of drug-likeness (QED) is 0.684. The average Bonchev–Trinajstić information content (AvgIpc) is 2.74. The lowest BCUT2D eigenvalue weighted by Crippen LogP contribution is -2.52. The number of fused-ring (bicyclic) bond motifs is 2. The van der Waals surface area contributed by atoms with Crippen LogP contribution in [0.1, 0.15) is 0 Å². The van der Waals surface area contributed by atoms with Crippen molar-refractivity contribution < 1.29 is 23.7 Å². The summed E-state index contributed by atoms with van der Waals surface area (Å²) in [5, 5.41) is 0. The van der Waals surface area contributed by atoms with Crippen LogP contribution in [0.3, 0.4) is 0 Å². The van der Waals surface area contributed by atoms with Gasteiger partial charge in [0.25, 0.3) is 0 Å². The van der Waals surface area contributed by atoms with Crippen LogP contribution in [0.5, 0.6) is 23.0 Å². The largest absolute Gasteiger partial charge is 0.487 e. The zero-order valence-corrected chi connectivity index (χ0v) is 16.0. The molecule has 2 aromatic carbocycles. The van der Waals surface area contributed by atoms with E-state index < -0.39 is 0 Å². The highest BCUT2D eigenvalue weighted by Gasteiger charge is 2.33. The average molecular weight is 393 g/mol. The van der Waals surface area contributed by atoms with Crippen molar-refractivity contribution >= 4 is 0 Å². The molecular weight excluding hydrogens is 370 g/mol. The molecule has 0 saturated heterocycles. The molecular formula is C23H23NO5. The van der Waals surface area contributed by atoms with Gasteiger partial charge in [-0.1, -0.05) is 36.4 Å². The molecule has 0 radical (unpaired) electrons.